The van der Waals surface area contributed by atoms with E-state index in [1.165, 1.54) is 5.56 Å². The Morgan fingerprint density at radius 2 is 2.19 bits per heavy atom. The molecule has 0 aliphatic carbocycles. The first kappa shape index (κ1) is 11.5. The molecular formula is C12H15AsN2O. The van der Waals surface area contributed by atoms with Crippen molar-refractivity contribution in [1.82, 2.24) is 10.2 Å². The molecule has 3 nitrogen and oxygen atoms in total. The molecule has 0 fully saturated rings. The number of aromatic nitrogens is 2. The third-order valence-electron chi connectivity index (χ3n) is 2.53. The summed E-state index contributed by atoms with van der Waals surface area (Å²) >= 11 is 2.51. The first-order chi connectivity index (χ1) is 7.61. The number of nitrogens with zero attached hydrogens (tertiary/aromatic N) is 1. The van der Waals surface area contributed by atoms with E-state index >= 15 is 0 Å². The van der Waals surface area contributed by atoms with Gasteiger partial charge in [-0.15, -0.1) is 0 Å². The van der Waals surface area contributed by atoms with Crippen LogP contribution in [0.25, 0.3) is 10.9 Å². The summed E-state index contributed by atoms with van der Waals surface area (Å²) in [6, 6.07) is 4.27. The second kappa shape index (κ2) is 4.50. The molecular weight excluding hydrogens is 263 g/mol. The molecule has 0 bridgehead atoms. The summed E-state index contributed by atoms with van der Waals surface area (Å²) < 4.78 is 6.41. The van der Waals surface area contributed by atoms with Gasteiger partial charge in [-0.1, -0.05) is 0 Å². The van der Waals surface area contributed by atoms with E-state index < -0.39 is 0 Å². The average molecular weight is 278 g/mol. The van der Waals surface area contributed by atoms with Crippen LogP contribution in [0.3, 0.4) is 0 Å². The number of methoxy groups -OCH3 is 1. The number of benzene rings is 1. The van der Waals surface area contributed by atoms with E-state index in [2.05, 4.69) is 53.0 Å². The predicted molar refractivity (Wildman–Crippen MR) is 66.6 cm³/mol. The molecule has 0 amide bonds. The van der Waals surface area contributed by atoms with Crippen molar-refractivity contribution in [2.45, 2.75) is 20.3 Å². The number of nitrogens with one attached hydrogen (secondary N) is 1. The number of aromatic amines is 1. The van der Waals surface area contributed by atoms with Gasteiger partial charge in [0.1, 0.15) is 0 Å². The van der Waals surface area contributed by atoms with Crippen LogP contribution in [-0.4, -0.2) is 34.2 Å². The molecule has 1 heterocycles. The zero-order chi connectivity index (χ0) is 11.7. The topological polar surface area (TPSA) is 37.9 Å². The summed E-state index contributed by atoms with van der Waals surface area (Å²) in [5.74, 6) is 1.49. The molecule has 1 aromatic heterocycles. The van der Waals surface area contributed by atoms with Crippen molar-refractivity contribution >= 4 is 32.2 Å². The number of hydrogen-bond donors (Lipinski definition) is 1. The van der Waals surface area contributed by atoms with Crippen LogP contribution in [0.2, 0.25) is 0 Å². The van der Waals surface area contributed by atoms with Gasteiger partial charge in [0, 0.05) is 0 Å². The second-order valence-corrected chi connectivity index (χ2v) is 5.30. The summed E-state index contributed by atoms with van der Waals surface area (Å²) in [5.41, 5.74) is 2.21. The molecule has 1 N–H and O–H groups in total. The number of ether oxygens (including phenoxy) is 1. The summed E-state index contributed by atoms with van der Waals surface area (Å²) in [6.07, 6.45) is 1.06. The van der Waals surface area contributed by atoms with Gasteiger partial charge in [0.15, 0.2) is 0 Å². The monoisotopic (exact) mass is 278 g/mol. The number of hydrogen-bond acceptors (Lipinski definition) is 2. The van der Waals surface area contributed by atoms with Crippen LogP contribution in [0, 0.1) is 5.92 Å². The molecule has 2 aromatic rings. The van der Waals surface area contributed by atoms with Gasteiger partial charge in [-0.3, -0.25) is 0 Å². The fourth-order valence-electron chi connectivity index (χ4n) is 1.87. The molecule has 4 heteroatoms. The van der Waals surface area contributed by atoms with Gasteiger partial charge in [-0.25, -0.2) is 0 Å². The first-order valence-corrected chi connectivity index (χ1v) is 6.29. The maximum absolute atomic E-state index is 5.37. The normalized spacial score (nSPS) is 11.3. The summed E-state index contributed by atoms with van der Waals surface area (Å²) in [4.78, 5) is 0. The van der Waals surface area contributed by atoms with Crippen LogP contribution in [0.15, 0.2) is 12.1 Å². The van der Waals surface area contributed by atoms with Crippen molar-refractivity contribution < 1.29 is 4.74 Å². The molecule has 2 radical (unpaired) electrons. The van der Waals surface area contributed by atoms with E-state index in [0.717, 1.165) is 27.6 Å². The zero-order valence-electron chi connectivity index (χ0n) is 9.74. The summed E-state index contributed by atoms with van der Waals surface area (Å²) in [6.45, 7) is 4.43. The molecule has 84 valence electrons. The van der Waals surface area contributed by atoms with Crippen LogP contribution in [0.1, 0.15) is 19.4 Å². The van der Waals surface area contributed by atoms with Crippen molar-refractivity contribution in [3.05, 3.63) is 17.7 Å². The van der Waals surface area contributed by atoms with Crippen molar-refractivity contribution in [3.63, 3.8) is 0 Å². The molecule has 0 aliphatic rings. The Balaban J connectivity index is 2.56. The van der Waals surface area contributed by atoms with E-state index in [1.807, 2.05) is 0 Å². The fraction of sp³-hybridized carbons (Fsp3) is 0.417. The molecule has 0 saturated carbocycles. The van der Waals surface area contributed by atoms with Gasteiger partial charge < -0.3 is 0 Å². The van der Waals surface area contributed by atoms with Gasteiger partial charge >= 0.3 is 104 Å². The average Bonchev–Trinajstić information content (AvgIpc) is 2.59. The Bertz CT molecular complexity index is 505. The molecule has 0 spiro atoms. The minimum atomic E-state index is 0.642. The number of H-pyrrole nitrogens is 1. The van der Waals surface area contributed by atoms with Gasteiger partial charge in [-0.2, -0.15) is 0 Å². The van der Waals surface area contributed by atoms with Crippen LogP contribution in [0.5, 0.6) is 5.75 Å². The fourth-order valence-corrected chi connectivity index (χ4v) is 2.34. The van der Waals surface area contributed by atoms with E-state index in [9.17, 15) is 0 Å². The number of fused-ring (bicyclic) bond motifs is 1. The Kier molecular flexibility index (Phi) is 3.25. The van der Waals surface area contributed by atoms with Gasteiger partial charge in [0.05, 0.1) is 0 Å². The van der Waals surface area contributed by atoms with E-state index in [0.29, 0.717) is 5.92 Å². The standard InChI is InChI=1S/C12H15AsN2O/c1-7(2)4-8-5-9-11(10(6-8)16-3)14-15-12(9)13/h5-7H,4H2,1-3H3,(H,14,15). The van der Waals surface area contributed by atoms with Crippen molar-refractivity contribution in [1.29, 1.82) is 0 Å². The SMILES string of the molecule is COc1cc(CC(C)C)cc2c([As])[nH]nc12. The van der Waals surface area contributed by atoms with Crippen LogP contribution in [-0.2, 0) is 6.42 Å². The van der Waals surface area contributed by atoms with Crippen molar-refractivity contribution in [2.24, 2.45) is 5.92 Å². The zero-order valence-corrected chi connectivity index (χ0v) is 11.6. The second-order valence-electron chi connectivity index (χ2n) is 4.36. The molecule has 0 saturated heterocycles. The molecule has 0 atom stereocenters. The first-order valence-electron chi connectivity index (χ1n) is 5.35. The maximum atomic E-state index is 5.37. The molecule has 0 unspecified atom stereocenters. The quantitative estimate of drug-likeness (QED) is 0.865. The third-order valence-corrected chi connectivity index (χ3v) is 3.24. The number of rotatable bonds is 3. The Morgan fingerprint density at radius 3 is 2.81 bits per heavy atom. The van der Waals surface area contributed by atoms with E-state index in [1.54, 1.807) is 7.11 Å². The summed E-state index contributed by atoms with van der Waals surface area (Å²) in [5, 5.41) is 8.35. The Hall–Kier alpha value is -0.952. The van der Waals surface area contributed by atoms with Crippen molar-refractivity contribution in [3.8, 4) is 5.75 Å². The predicted octanol–water partition coefficient (Wildman–Crippen LogP) is 1.56. The van der Waals surface area contributed by atoms with Gasteiger partial charge in [-0.05, 0) is 0 Å². The molecule has 16 heavy (non-hydrogen) atoms. The van der Waals surface area contributed by atoms with E-state index in [-0.39, 0.29) is 0 Å². The third kappa shape index (κ3) is 2.10. The van der Waals surface area contributed by atoms with Gasteiger partial charge in [0.2, 0.25) is 0 Å². The Labute approximate surface area is 104 Å². The van der Waals surface area contributed by atoms with Crippen LogP contribution in [0.4, 0.5) is 0 Å². The van der Waals surface area contributed by atoms with E-state index in [4.69, 9.17) is 4.74 Å². The van der Waals surface area contributed by atoms with Crippen LogP contribution >= 0.6 is 0 Å². The molecule has 2 rings (SSSR count). The molecule has 0 aliphatic heterocycles. The van der Waals surface area contributed by atoms with Gasteiger partial charge in [0.25, 0.3) is 0 Å². The minimum absolute atomic E-state index is 0.642. The van der Waals surface area contributed by atoms with Crippen LogP contribution < -0.4 is 9.22 Å². The van der Waals surface area contributed by atoms with Crippen molar-refractivity contribution in [2.75, 3.05) is 7.11 Å². The molecule has 1 aromatic carbocycles. The Morgan fingerprint density at radius 1 is 1.44 bits per heavy atom. The summed E-state index contributed by atoms with van der Waals surface area (Å²) in [7, 11) is 1.69.